The average molecular weight is 476 g/mol. The highest BCUT2D eigenvalue weighted by atomic mass is 32.1. The Morgan fingerprint density at radius 1 is 1.19 bits per heavy atom. The Morgan fingerprint density at radius 2 is 1.81 bits per heavy atom. The third-order valence-corrected chi connectivity index (χ3v) is 6.64. The molecule has 1 aromatic rings. The second-order valence-electron chi connectivity index (χ2n) is 8.56. The van der Waals surface area contributed by atoms with Crippen molar-refractivity contribution in [3.05, 3.63) is 16.0 Å². The van der Waals surface area contributed by atoms with Crippen LogP contribution in [0, 0.1) is 22.7 Å². The van der Waals surface area contributed by atoms with Crippen molar-refractivity contribution in [1.82, 2.24) is 5.32 Å². The Labute approximate surface area is 189 Å². The predicted molar refractivity (Wildman–Crippen MR) is 113 cm³/mol. The molecule has 0 aromatic carbocycles. The van der Waals surface area contributed by atoms with Crippen molar-refractivity contribution in [2.75, 3.05) is 18.5 Å². The molecule has 1 aliphatic rings. The smallest absolute Gasteiger partial charge is 0.442 e. The number of nitrogens with zero attached hydrogens (tertiary/aromatic N) is 1. The highest BCUT2D eigenvalue weighted by molar-refractivity contribution is 7.16. The van der Waals surface area contributed by atoms with Gasteiger partial charge in [-0.05, 0) is 50.0 Å². The molecule has 0 fully saturated rings. The van der Waals surface area contributed by atoms with Crippen LogP contribution in [-0.2, 0) is 27.1 Å². The summed E-state index contributed by atoms with van der Waals surface area (Å²) in [4.78, 5) is 25.3. The highest BCUT2D eigenvalue weighted by Crippen LogP contribution is 2.45. The summed E-state index contributed by atoms with van der Waals surface area (Å²) < 4.78 is 52.0. The summed E-state index contributed by atoms with van der Waals surface area (Å²) in [5, 5.41) is 13.3. The van der Waals surface area contributed by atoms with Crippen molar-refractivity contribution in [1.29, 1.82) is 5.26 Å². The second-order valence-corrected chi connectivity index (χ2v) is 9.67. The van der Waals surface area contributed by atoms with Crippen LogP contribution in [0.4, 0.5) is 23.0 Å². The van der Waals surface area contributed by atoms with Crippen LogP contribution in [0.25, 0.3) is 0 Å². The first-order chi connectivity index (χ1) is 14.8. The van der Waals surface area contributed by atoms with Crippen LogP contribution in [0.5, 0.6) is 0 Å². The Balaban J connectivity index is 2.56. The minimum Gasteiger partial charge on any atom is -0.463 e. The number of hydrogen-bond acceptors (Lipinski definition) is 7. The average Bonchev–Trinajstić information content (AvgIpc) is 3.02. The standard InChI is InChI=1S/C21H28F3N3O4S/c1-6-30-17(28)20(21(22,23)24,27-18(29)31-7-2)26-16-14(11-25)13-9-8-12(19(3,4)5)10-15(13)32-16/h12,26H,6-10H2,1-5H3,(H,27,29). The summed E-state index contributed by atoms with van der Waals surface area (Å²) in [6, 6.07) is 1.97. The number of alkyl carbamates (subject to hydrolysis) is 1. The lowest BCUT2D eigenvalue weighted by Crippen LogP contribution is -2.69. The first-order valence-corrected chi connectivity index (χ1v) is 11.1. The summed E-state index contributed by atoms with van der Waals surface area (Å²) in [6.45, 7) is 8.51. The second kappa shape index (κ2) is 9.57. The largest absolute Gasteiger partial charge is 0.463 e. The lowest BCUT2D eigenvalue weighted by Gasteiger charge is -2.34. The van der Waals surface area contributed by atoms with Gasteiger partial charge in [0, 0.05) is 4.88 Å². The van der Waals surface area contributed by atoms with Gasteiger partial charge in [-0.1, -0.05) is 20.8 Å². The van der Waals surface area contributed by atoms with Gasteiger partial charge in [0.15, 0.2) is 0 Å². The Hall–Kier alpha value is -2.48. The van der Waals surface area contributed by atoms with Gasteiger partial charge in [0.25, 0.3) is 0 Å². The molecule has 2 N–H and O–H groups in total. The van der Waals surface area contributed by atoms with Crippen LogP contribution in [0.15, 0.2) is 0 Å². The van der Waals surface area contributed by atoms with Gasteiger partial charge in [0.2, 0.25) is 0 Å². The molecule has 0 spiro atoms. The number of esters is 1. The molecule has 7 nitrogen and oxygen atoms in total. The number of nitrogens with one attached hydrogen (secondary N) is 2. The number of amides is 1. The Bertz CT molecular complexity index is 902. The van der Waals surface area contributed by atoms with E-state index in [0.717, 1.165) is 22.6 Å². The molecular weight excluding hydrogens is 447 g/mol. The van der Waals surface area contributed by atoms with E-state index in [1.807, 2.05) is 6.07 Å². The molecule has 2 atom stereocenters. The van der Waals surface area contributed by atoms with Crippen molar-refractivity contribution in [2.45, 2.75) is 65.7 Å². The van der Waals surface area contributed by atoms with Crippen molar-refractivity contribution in [3.63, 3.8) is 0 Å². The van der Waals surface area contributed by atoms with Crippen LogP contribution < -0.4 is 10.6 Å². The van der Waals surface area contributed by atoms with Crippen molar-refractivity contribution in [2.24, 2.45) is 11.3 Å². The van der Waals surface area contributed by atoms with E-state index in [1.165, 1.54) is 13.8 Å². The third-order valence-electron chi connectivity index (χ3n) is 5.47. The van der Waals surface area contributed by atoms with E-state index in [4.69, 9.17) is 0 Å². The molecule has 1 amide bonds. The van der Waals surface area contributed by atoms with Crippen molar-refractivity contribution < 1.29 is 32.2 Å². The topological polar surface area (TPSA) is 100 Å². The molecule has 0 saturated carbocycles. The van der Waals surface area contributed by atoms with Crippen LogP contribution in [0.3, 0.4) is 0 Å². The number of hydrogen-bond donors (Lipinski definition) is 2. The molecule has 0 bridgehead atoms. The number of carbonyl (C=O) groups is 2. The van der Waals surface area contributed by atoms with E-state index in [2.05, 4.69) is 35.6 Å². The molecule has 0 radical (unpaired) electrons. The Kier molecular flexibility index (Phi) is 7.71. The number of thiophene rings is 1. The summed E-state index contributed by atoms with van der Waals surface area (Å²) >= 11 is 0.992. The number of halogens is 3. The number of rotatable bonds is 6. The number of anilines is 1. The van der Waals surface area contributed by atoms with Gasteiger partial charge in [-0.15, -0.1) is 11.3 Å². The van der Waals surface area contributed by atoms with Gasteiger partial charge in [0.1, 0.15) is 11.1 Å². The normalized spacial score (nSPS) is 18.0. The Morgan fingerprint density at radius 3 is 2.31 bits per heavy atom. The van der Waals surface area contributed by atoms with Gasteiger partial charge in [-0.3, -0.25) is 5.32 Å². The molecule has 0 saturated heterocycles. The lowest BCUT2D eigenvalue weighted by atomic mass is 9.72. The molecule has 1 aliphatic carbocycles. The number of carbonyl (C=O) groups excluding carboxylic acids is 2. The summed E-state index contributed by atoms with van der Waals surface area (Å²) in [7, 11) is 0. The third kappa shape index (κ3) is 5.11. The molecule has 0 aliphatic heterocycles. The van der Waals surface area contributed by atoms with Crippen LogP contribution in [-0.4, -0.2) is 37.1 Å². The van der Waals surface area contributed by atoms with Gasteiger partial charge < -0.3 is 14.8 Å². The van der Waals surface area contributed by atoms with E-state index in [9.17, 15) is 28.0 Å². The van der Waals surface area contributed by atoms with Gasteiger partial charge in [-0.25, -0.2) is 9.59 Å². The van der Waals surface area contributed by atoms with Crippen LogP contribution >= 0.6 is 11.3 Å². The fourth-order valence-corrected chi connectivity index (χ4v) is 4.99. The maximum Gasteiger partial charge on any atom is 0.442 e. The van der Waals surface area contributed by atoms with Crippen molar-refractivity contribution in [3.8, 4) is 6.07 Å². The van der Waals surface area contributed by atoms with Gasteiger partial charge in [0.05, 0.1) is 18.8 Å². The van der Waals surface area contributed by atoms with E-state index < -0.39 is 23.9 Å². The first kappa shape index (κ1) is 25.8. The predicted octanol–water partition coefficient (Wildman–Crippen LogP) is 4.75. The molecule has 1 aromatic heterocycles. The van der Waals surface area contributed by atoms with E-state index >= 15 is 0 Å². The molecule has 2 rings (SSSR count). The quantitative estimate of drug-likeness (QED) is 0.455. The van der Waals surface area contributed by atoms with Crippen LogP contribution in [0.1, 0.15) is 57.0 Å². The molecule has 11 heteroatoms. The minimum absolute atomic E-state index is 0.00575. The molecule has 32 heavy (non-hydrogen) atoms. The zero-order valence-electron chi connectivity index (χ0n) is 18.7. The molecular formula is C21H28F3N3O4S. The van der Waals surface area contributed by atoms with E-state index in [0.29, 0.717) is 24.3 Å². The van der Waals surface area contributed by atoms with Gasteiger partial charge >= 0.3 is 23.9 Å². The molecule has 2 unspecified atom stereocenters. The summed E-state index contributed by atoms with van der Waals surface area (Å²) in [6.07, 6.45) is -4.79. The number of alkyl halides is 3. The summed E-state index contributed by atoms with van der Waals surface area (Å²) in [5.74, 6) is -1.45. The van der Waals surface area contributed by atoms with E-state index in [1.54, 1.807) is 5.32 Å². The summed E-state index contributed by atoms with van der Waals surface area (Å²) in [5.41, 5.74) is -2.90. The number of nitriles is 1. The monoisotopic (exact) mass is 475 g/mol. The lowest BCUT2D eigenvalue weighted by molar-refractivity contribution is -0.205. The molecule has 178 valence electrons. The SMILES string of the molecule is CCOC(=O)NC(Nc1sc2c(c1C#N)CCC(C(C)(C)C)C2)(C(=O)OCC)C(F)(F)F. The number of ether oxygens (including phenoxy) is 2. The number of fused-ring (bicyclic) bond motifs is 1. The minimum atomic E-state index is -5.29. The fraction of sp³-hybridized carbons (Fsp3) is 0.667. The first-order valence-electron chi connectivity index (χ1n) is 10.3. The zero-order valence-corrected chi connectivity index (χ0v) is 19.6. The molecule has 1 heterocycles. The highest BCUT2D eigenvalue weighted by Gasteiger charge is 2.64. The van der Waals surface area contributed by atoms with E-state index in [-0.39, 0.29) is 29.2 Å². The maximum atomic E-state index is 14.3. The fourth-order valence-electron chi connectivity index (χ4n) is 3.65. The van der Waals surface area contributed by atoms with Crippen LogP contribution in [0.2, 0.25) is 0 Å². The van der Waals surface area contributed by atoms with Crippen molar-refractivity contribution >= 4 is 28.4 Å². The van der Waals surface area contributed by atoms with Gasteiger partial charge in [-0.2, -0.15) is 18.4 Å². The maximum absolute atomic E-state index is 14.3. The zero-order chi connectivity index (χ0) is 24.3.